The number of rotatable bonds is 7. The SMILES string of the molecule is Cc1oc(C)c(S(=O)(=O)N(C)CC2CC2)c1CNC(C)C. The number of hydrogen-bond acceptors (Lipinski definition) is 4. The number of furan rings is 1. The molecule has 5 nitrogen and oxygen atoms in total. The second kappa shape index (κ2) is 6.10. The van der Waals surface area contributed by atoms with Crippen molar-refractivity contribution in [3.8, 4) is 0 Å². The number of sulfonamides is 1. The third-order valence-electron chi connectivity index (χ3n) is 3.89. The molecule has 0 atom stereocenters. The summed E-state index contributed by atoms with van der Waals surface area (Å²) in [5.41, 5.74) is 0.754. The third-order valence-corrected chi connectivity index (χ3v) is 5.91. The van der Waals surface area contributed by atoms with Gasteiger partial charge in [-0.2, -0.15) is 0 Å². The molecule has 0 radical (unpaired) electrons. The summed E-state index contributed by atoms with van der Waals surface area (Å²) in [6, 6.07) is 0.291. The van der Waals surface area contributed by atoms with Crippen LogP contribution >= 0.6 is 0 Å². The van der Waals surface area contributed by atoms with Crippen molar-refractivity contribution in [2.45, 2.75) is 58.0 Å². The van der Waals surface area contributed by atoms with Crippen molar-refractivity contribution >= 4 is 10.0 Å². The lowest BCUT2D eigenvalue weighted by Gasteiger charge is -2.18. The highest BCUT2D eigenvalue weighted by molar-refractivity contribution is 7.89. The summed E-state index contributed by atoms with van der Waals surface area (Å²) < 4.78 is 32.7. The van der Waals surface area contributed by atoms with Gasteiger partial charge >= 0.3 is 0 Å². The number of nitrogens with zero attached hydrogens (tertiary/aromatic N) is 1. The number of nitrogens with one attached hydrogen (secondary N) is 1. The lowest BCUT2D eigenvalue weighted by molar-refractivity contribution is 0.447. The van der Waals surface area contributed by atoms with E-state index in [0.717, 1.165) is 18.4 Å². The molecule has 1 aliphatic carbocycles. The van der Waals surface area contributed by atoms with Crippen LogP contribution in [0.25, 0.3) is 0 Å². The molecule has 2 rings (SSSR count). The molecular formula is C15H26N2O3S. The molecule has 1 aromatic heterocycles. The standard InChI is InChI=1S/C15H26N2O3S/c1-10(2)16-8-14-11(3)20-12(4)15(14)21(18,19)17(5)9-13-6-7-13/h10,13,16H,6-9H2,1-5H3. The Morgan fingerprint density at radius 1 is 1.29 bits per heavy atom. The minimum Gasteiger partial charge on any atom is -0.465 e. The van der Waals surface area contributed by atoms with E-state index in [1.807, 2.05) is 20.8 Å². The molecule has 1 aliphatic rings. The second-order valence-corrected chi connectivity index (χ2v) is 8.27. The van der Waals surface area contributed by atoms with E-state index >= 15 is 0 Å². The van der Waals surface area contributed by atoms with Gasteiger partial charge < -0.3 is 9.73 Å². The number of aryl methyl sites for hydroxylation is 2. The monoisotopic (exact) mass is 314 g/mol. The van der Waals surface area contributed by atoms with Crippen LogP contribution in [-0.2, 0) is 16.6 Å². The molecule has 6 heteroatoms. The van der Waals surface area contributed by atoms with E-state index in [4.69, 9.17) is 4.42 Å². The minimum atomic E-state index is -3.48. The molecule has 1 heterocycles. The summed E-state index contributed by atoms with van der Waals surface area (Å²) in [6.07, 6.45) is 2.26. The van der Waals surface area contributed by atoms with E-state index in [-0.39, 0.29) is 0 Å². The van der Waals surface area contributed by atoms with E-state index in [1.165, 1.54) is 4.31 Å². The van der Waals surface area contributed by atoms with Crippen molar-refractivity contribution in [2.24, 2.45) is 5.92 Å². The topological polar surface area (TPSA) is 62.6 Å². The van der Waals surface area contributed by atoms with Crippen LogP contribution in [0.4, 0.5) is 0 Å². The van der Waals surface area contributed by atoms with Crippen LogP contribution < -0.4 is 5.32 Å². The maximum Gasteiger partial charge on any atom is 0.246 e. The van der Waals surface area contributed by atoms with Gasteiger partial charge in [0.15, 0.2) is 0 Å². The van der Waals surface area contributed by atoms with Crippen LogP contribution in [0.1, 0.15) is 43.8 Å². The highest BCUT2D eigenvalue weighted by Crippen LogP contribution is 2.33. The molecule has 0 saturated heterocycles. The Morgan fingerprint density at radius 3 is 2.43 bits per heavy atom. The van der Waals surface area contributed by atoms with E-state index in [9.17, 15) is 8.42 Å². The van der Waals surface area contributed by atoms with E-state index < -0.39 is 10.0 Å². The summed E-state index contributed by atoms with van der Waals surface area (Å²) >= 11 is 0. The Balaban J connectivity index is 2.32. The van der Waals surface area contributed by atoms with Crippen LogP contribution in [0.5, 0.6) is 0 Å². The van der Waals surface area contributed by atoms with E-state index in [1.54, 1.807) is 14.0 Å². The zero-order valence-corrected chi connectivity index (χ0v) is 14.4. The Bertz CT molecular complexity index is 601. The van der Waals surface area contributed by atoms with Crippen LogP contribution in [-0.4, -0.2) is 32.4 Å². The van der Waals surface area contributed by atoms with Gasteiger partial charge in [0.05, 0.1) is 0 Å². The van der Waals surface area contributed by atoms with Gasteiger partial charge in [-0.3, -0.25) is 0 Å². The van der Waals surface area contributed by atoms with Crippen LogP contribution in [0.3, 0.4) is 0 Å². The Labute approximate surface area is 127 Å². The highest BCUT2D eigenvalue weighted by Gasteiger charge is 2.33. The zero-order valence-electron chi connectivity index (χ0n) is 13.6. The maximum atomic E-state index is 12.8. The average molecular weight is 314 g/mol. The molecule has 1 N–H and O–H groups in total. The molecule has 1 saturated carbocycles. The molecule has 1 aromatic rings. The van der Waals surface area contributed by atoms with Gasteiger partial charge in [0.1, 0.15) is 16.4 Å². The fourth-order valence-corrected chi connectivity index (χ4v) is 4.13. The average Bonchev–Trinajstić information content (AvgIpc) is 3.11. The summed E-state index contributed by atoms with van der Waals surface area (Å²) in [5.74, 6) is 1.69. The molecule has 0 spiro atoms. The van der Waals surface area contributed by atoms with Gasteiger partial charge in [0.25, 0.3) is 0 Å². The van der Waals surface area contributed by atoms with Crippen LogP contribution in [0.2, 0.25) is 0 Å². The summed E-state index contributed by atoms with van der Waals surface area (Å²) in [7, 11) is -1.82. The lowest BCUT2D eigenvalue weighted by atomic mass is 10.2. The van der Waals surface area contributed by atoms with E-state index in [2.05, 4.69) is 5.32 Å². The van der Waals surface area contributed by atoms with Crippen molar-refractivity contribution in [2.75, 3.05) is 13.6 Å². The van der Waals surface area contributed by atoms with Gasteiger partial charge in [-0.1, -0.05) is 13.8 Å². The molecule has 21 heavy (non-hydrogen) atoms. The van der Waals surface area contributed by atoms with Crippen molar-refractivity contribution in [3.63, 3.8) is 0 Å². The largest absolute Gasteiger partial charge is 0.465 e. The smallest absolute Gasteiger partial charge is 0.246 e. The fourth-order valence-electron chi connectivity index (χ4n) is 2.48. The van der Waals surface area contributed by atoms with E-state index in [0.29, 0.717) is 41.5 Å². The molecule has 1 fully saturated rings. The van der Waals surface area contributed by atoms with Crippen LogP contribution in [0.15, 0.2) is 9.31 Å². The van der Waals surface area contributed by atoms with Gasteiger partial charge in [0.2, 0.25) is 10.0 Å². The third kappa shape index (κ3) is 3.67. The first-order chi connectivity index (χ1) is 9.73. The fraction of sp³-hybridized carbons (Fsp3) is 0.733. The quantitative estimate of drug-likeness (QED) is 0.839. The molecule has 120 valence electrons. The van der Waals surface area contributed by atoms with Crippen molar-refractivity contribution in [1.82, 2.24) is 9.62 Å². The molecule has 0 aliphatic heterocycles. The van der Waals surface area contributed by atoms with Crippen molar-refractivity contribution < 1.29 is 12.8 Å². The molecular weight excluding hydrogens is 288 g/mol. The minimum absolute atomic E-state index is 0.291. The maximum absolute atomic E-state index is 12.8. The van der Waals surface area contributed by atoms with Gasteiger partial charge in [-0.05, 0) is 32.6 Å². The first-order valence-corrected chi connectivity index (χ1v) is 8.96. The van der Waals surface area contributed by atoms with Crippen molar-refractivity contribution in [3.05, 3.63) is 17.1 Å². The Kier molecular flexibility index (Phi) is 4.80. The number of hydrogen-bond donors (Lipinski definition) is 1. The zero-order chi connectivity index (χ0) is 15.8. The van der Waals surface area contributed by atoms with Gasteiger partial charge in [-0.25, -0.2) is 12.7 Å². The van der Waals surface area contributed by atoms with Gasteiger partial charge in [-0.15, -0.1) is 0 Å². The first-order valence-electron chi connectivity index (χ1n) is 7.52. The lowest BCUT2D eigenvalue weighted by Crippen LogP contribution is -2.31. The summed E-state index contributed by atoms with van der Waals surface area (Å²) in [5, 5.41) is 3.28. The molecule has 0 bridgehead atoms. The highest BCUT2D eigenvalue weighted by atomic mass is 32.2. The predicted octanol–water partition coefficient (Wildman–Crippen LogP) is 2.42. The molecule has 0 unspecified atom stereocenters. The van der Waals surface area contributed by atoms with Gasteiger partial charge in [0, 0.05) is 31.7 Å². The Hall–Kier alpha value is -0.850. The summed E-state index contributed by atoms with van der Waals surface area (Å²) in [6.45, 7) is 8.73. The van der Waals surface area contributed by atoms with Crippen LogP contribution in [0, 0.1) is 19.8 Å². The second-order valence-electron chi connectivity index (χ2n) is 6.29. The summed E-state index contributed by atoms with van der Waals surface area (Å²) in [4.78, 5) is 0.344. The molecule has 0 amide bonds. The first kappa shape index (κ1) is 16.5. The normalized spacial score (nSPS) is 16.1. The predicted molar refractivity (Wildman–Crippen MR) is 82.7 cm³/mol. The Morgan fingerprint density at radius 2 is 1.90 bits per heavy atom. The molecule has 0 aromatic carbocycles. The van der Waals surface area contributed by atoms with Crippen molar-refractivity contribution in [1.29, 1.82) is 0 Å².